The number of nitrogens with zero attached hydrogens (tertiary/aromatic N) is 2. The molecule has 9 nitrogen and oxygen atoms in total. The molecule has 0 aromatic heterocycles. The number of benzene rings is 3. The maximum atomic E-state index is 12.6. The van der Waals surface area contributed by atoms with Crippen LogP contribution < -0.4 is 10.1 Å². The maximum absolute atomic E-state index is 12.6. The Balaban J connectivity index is 1.87. The third kappa shape index (κ3) is 5.50. The molecular formula is C20H17ClN4O5S. The lowest BCUT2D eigenvalue weighted by molar-refractivity contribution is -0.384. The summed E-state index contributed by atoms with van der Waals surface area (Å²) in [7, 11) is -4.06. The van der Waals surface area contributed by atoms with Gasteiger partial charge in [-0.1, -0.05) is 11.6 Å². The zero-order valence-corrected chi connectivity index (χ0v) is 17.7. The van der Waals surface area contributed by atoms with Crippen LogP contribution in [0.15, 0.2) is 76.7 Å². The minimum atomic E-state index is -4.06. The quantitative estimate of drug-likeness (QED) is 0.268. The molecular weight excluding hydrogens is 444 g/mol. The number of anilines is 2. The number of phenolic OH excluding ortho intramolecular Hbond substituents is 1. The third-order valence-electron chi connectivity index (χ3n) is 4.20. The predicted molar refractivity (Wildman–Crippen MR) is 119 cm³/mol. The van der Waals surface area contributed by atoms with Gasteiger partial charge in [-0.15, -0.1) is 0 Å². The smallest absolute Gasteiger partial charge is 0.295 e. The summed E-state index contributed by atoms with van der Waals surface area (Å²) in [5.41, 5.74) is 3.63. The number of phenols is 1. The standard InChI is InChI=1S/C20H17ClN4O5S/c1-13(14-2-8-17(26)9-3-14)22-23-19-11-10-18(12-20(19)25(27)28)31(29,30)24-16-6-4-15(21)5-7-16/h2-12,23-24,26H,1H3. The molecule has 3 aromatic rings. The Hall–Kier alpha value is -3.63. The molecule has 11 heteroatoms. The van der Waals surface area contributed by atoms with Gasteiger partial charge in [0.1, 0.15) is 11.4 Å². The fourth-order valence-corrected chi connectivity index (χ4v) is 3.77. The second-order valence-corrected chi connectivity index (χ2v) is 8.52. The molecule has 0 saturated carbocycles. The van der Waals surface area contributed by atoms with Gasteiger partial charge in [0.25, 0.3) is 15.7 Å². The molecule has 0 aliphatic rings. The summed E-state index contributed by atoms with van der Waals surface area (Å²) in [5, 5.41) is 25.4. The van der Waals surface area contributed by atoms with Gasteiger partial charge in [0.2, 0.25) is 0 Å². The van der Waals surface area contributed by atoms with Crippen LogP contribution in [0.2, 0.25) is 5.02 Å². The van der Waals surface area contributed by atoms with E-state index in [-0.39, 0.29) is 22.0 Å². The van der Waals surface area contributed by atoms with E-state index in [1.165, 1.54) is 48.5 Å². The molecule has 0 bridgehead atoms. The Morgan fingerprint density at radius 3 is 2.32 bits per heavy atom. The van der Waals surface area contributed by atoms with Gasteiger partial charge in [0.05, 0.1) is 15.5 Å². The lowest BCUT2D eigenvalue weighted by atomic mass is 10.1. The van der Waals surface area contributed by atoms with E-state index in [9.17, 15) is 23.6 Å². The number of aromatic hydroxyl groups is 1. The van der Waals surface area contributed by atoms with Crippen molar-refractivity contribution in [3.05, 3.63) is 87.4 Å². The fraction of sp³-hybridized carbons (Fsp3) is 0.0500. The minimum Gasteiger partial charge on any atom is -0.508 e. The van der Waals surface area contributed by atoms with E-state index >= 15 is 0 Å². The van der Waals surface area contributed by atoms with E-state index in [4.69, 9.17) is 11.6 Å². The molecule has 160 valence electrons. The van der Waals surface area contributed by atoms with Crippen molar-refractivity contribution in [2.75, 3.05) is 10.1 Å². The van der Waals surface area contributed by atoms with Gasteiger partial charge < -0.3 is 5.11 Å². The Morgan fingerprint density at radius 2 is 1.71 bits per heavy atom. The largest absolute Gasteiger partial charge is 0.508 e. The molecule has 0 atom stereocenters. The summed E-state index contributed by atoms with van der Waals surface area (Å²) in [6.07, 6.45) is 0. The highest BCUT2D eigenvalue weighted by Gasteiger charge is 2.21. The number of hydrogen-bond donors (Lipinski definition) is 3. The van der Waals surface area contributed by atoms with Crippen LogP contribution >= 0.6 is 11.6 Å². The summed E-state index contributed by atoms with van der Waals surface area (Å²) >= 11 is 5.79. The molecule has 0 saturated heterocycles. The monoisotopic (exact) mass is 460 g/mol. The van der Waals surface area contributed by atoms with Crippen LogP contribution in [0.4, 0.5) is 17.1 Å². The average molecular weight is 461 g/mol. The molecule has 0 fully saturated rings. The Labute approximate surface area is 183 Å². The van der Waals surface area contributed by atoms with Crippen LogP contribution in [0, 0.1) is 10.1 Å². The molecule has 3 rings (SSSR count). The summed E-state index contributed by atoms with van der Waals surface area (Å²) < 4.78 is 27.6. The number of sulfonamides is 1. The van der Waals surface area contributed by atoms with Gasteiger partial charge in [-0.2, -0.15) is 5.10 Å². The normalized spacial score (nSPS) is 11.7. The van der Waals surface area contributed by atoms with E-state index in [1.54, 1.807) is 19.1 Å². The SMILES string of the molecule is CC(=NNc1ccc(S(=O)(=O)Nc2ccc(Cl)cc2)cc1[N+](=O)[O-])c1ccc(O)cc1. The summed E-state index contributed by atoms with van der Waals surface area (Å²) in [4.78, 5) is 10.5. The molecule has 0 unspecified atom stereocenters. The highest BCUT2D eigenvalue weighted by atomic mass is 35.5. The van der Waals surface area contributed by atoms with Gasteiger partial charge in [0.15, 0.2) is 0 Å². The lowest BCUT2D eigenvalue weighted by Crippen LogP contribution is -2.13. The maximum Gasteiger partial charge on any atom is 0.295 e. The number of nitro groups is 1. The van der Waals surface area contributed by atoms with Gasteiger partial charge >= 0.3 is 0 Å². The molecule has 3 aromatic carbocycles. The molecule has 0 radical (unpaired) electrons. The van der Waals surface area contributed by atoms with Crippen LogP contribution in [-0.4, -0.2) is 24.2 Å². The Bertz CT molecular complexity index is 1240. The van der Waals surface area contributed by atoms with Gasteiger partial charge in [-0.3, -0.25) is 20.3 Å². The summed E-state index contributed by atoms with van der Waals surface area (Å²) in [5.74, 6) is 0.101. The summed E-state index contributed by atoms with van der Waals surface area (Å²) in [6, 6.07) is 15.7. The molecule has 0 aliphatic carbocycles. The van der Waals surface area contributed by atoms with E-state index < -0.39 is 20.6 Å². The van der Waals surface area contributed by atoms with Crippen LogP contribution in [0.25, 0.3) is 0 Å². The predicted octanol–water partition coefficient (Wildman–Crippen LogP) is 4.59. The fourth-order valence-electron chi connectivity index (χ4n) is 2.57. The number of nitro benzene ring substituents is 1. The van der Waals surface area contributed by atoms with E-state index in [0.717, 1.165) is 6.07 Å². The van der Waals surface area contributed by atoms with Gasteiger partial charge in [-0.05, 0) is 73.2 Å². The molecule has 31 heavy (non-hydrogen) atoms. The number of hydrazone groups is 1. The van der Waals surface area contributed by atoms with E-state index in [1.807, 2.05) is 0 Å². The van der Waals surface area contributed by atoms with Gasteiger partial charge in [-0.25, -0.2) is 8.42 Å². The lowest BCUT2D eigenvalue weighted by Gasteiger charge is -2.10. The first-order chi connectivity index (χ1) is 14.7. The zero-order chi connectivity index (χ0) is 22.6. The highest BCUT2D eigenvalue weighted by Crippen LogP contribution is 2.29. The van der Waals surface area contributed by atoms with Crippen molar-refractivity contribution in [2.45, 2.75) is 11.8 Å². The van der Waals surface area contributed by atoms with Gasteiger partial charge in [0, 0.05) is 16.8 Å². The first kappa shape index (κ1) is 22.1. The van der Waals surface area contributed by atoms with Crippen LogP contribution in [0.3, 0.4) is 0 Å². The van der Waals surface area contributed by atoms with E-state index in [2.05, 4.69) is 15.2 Å². The van der Waals surface area contributed by atoms with E-state index in [0.29, 0.717) is 16.3 Å². The van der Waals surface area contributed by atoms with Crippen LogP contribution in [-0.2, 0) is 10.0 Å². The minimum absolute atomic E-state index is 0.0218. The van der Waals surface area contributed by atoms with Crippen molar-refractivity contribution < 1.29 is 18.4 Å². The highest BCUT2D eigenvalue weighted by molar-refractivity contribution is 7.92. The van der Waals surface area contributed by atoms with Crippen LogP contribution in [0.5, 0.6) is 5.75 Å². The van der Waals surface area contributed by atoms with Crippen molar-refractivity contribution in [1.82, 2.24) is 0 Å². The summed E-state index contributed by atoms with van der Waals surface area (Å²) in [6.45, 7) is 1.68. The Kier molecular flexibility index (Phi) is 6.42. The second kappa shape index (κ2) is 9.02. The van der Waals surface area contributed by atoms with Crippen LogP contribution in [0.1, 0.15) is 12.5 Å². The number of halogens is 1. The molecule has 0 spiro atoms. The topological polar surface area (TPSA) is 134 Å². The first-order valence-electron chi connectivity index (χ1n) is 8.82. The third-order valence-corrected chi connectivity index (χ3v) is 5.83. The molecule has 0 heterocycles. The second-order valence-electron chi connectivity index (χ2n) is 6.40. The van der Waals surface area contributed by atoms with Crippen molar-refractivity contribution in [3.63, 3.8) is 0 Å². The van der Waals surface area contributed by atoms with Crippen molar-refractivity contribution in [2.24, 2.45) is 5.10 Å². The first-order valence-corrected chi connectivity index (χ1v) is 10.7. The van der Waals surface area contributed by atoms with Crippen molar-refractivity contribution in [3.8, 4) is 5.75 Å². The van der Waals surface area contributed by atoms with Crippen molar-refractivity contribution >= 4 is 44.4 Å². The Morgan fingerprint density at radius 1 is 1.06 bits per heavy atom. The zero-order valence-electron chi connectivity index (χ0n) is 16.1. The molecule has 3 N–H and O–H groups in total. The number of nitrogens with one attached hydrogen (secondary N) is 2. The average Bonchev–Trinajstić information content (AvgIpc) is 2.73. The van der Waals surface area contributed by atoms with Crippen molar-refractivity contribution in [1.29, 1.82) is 0 Å². The number of hydrogen-bond acceptors (Lipinski definition) is 7. The molecule has 0 aliphatic heterocycles. The number of rotatable bonds is 7. The molecule has 0 amide bonds.